The number of hydrogen-bond donors (Lipinski definition) is 3. The Labute approximate surface area is 250 Å². The molecule has 5 rings (SSSR count). The number of nitrogens with zero attached hydrogens (tertiary/aromatic N) is 3. The van der Waals surface area contributed by atoms with E-state index >= 15 is 0 Å². The molecule has 2 saturated heterocycles. The highest BCUT2D eigenvalue weighted by molar-refractivity contribution is 5.72. The van der Waals surface area contributed by atoms with Gasteiger partial charge in [-0.25, -0.2) is 0 Å². The first kappa shape index (κ1) is 30.4. The molecule has 42 heavy (non-hydrogen) atoms. The number of aromatic amines is 1. The van der Waals surface area contributed by atoms with Crippen molar-refractivity contribution in [2.24, 2.45) is 0 Å². The van der Waals surface area contributed by atoms with Crippen molar-refractivity contribution >= 4 is 5.69 Å². The number of ether oxygens (including phenoxy) is 1. The van der Waals surface area contributed by atoms with E-state index in [2.05, 4.69) is 58.2 Å². The van der Waals surface area contributed by atoms with E-state index in [0.717, 1.165) is 97.1 Å². The molecule has 1 atom stereocenters. The number of likely N-dealkylation sites (tertiary alicyclic amines) is 1. The summed E-state index contributed by atoms with van der Waals surface area (Å²) in [5.41, 5.74) is 8.38. The predicted octanol–water partition coefficient (Wildman–Crippen LogP) is 5.13. The highest BCUT2D eigenvalue weighted by Gasteiger charge is 2.25. The van der Waals surface area contributed by atoms with Crippen LogP contribution in [0, 0.1) is 20.8 Å². The zero-order valence-electron chi connectivity index (χ0n) is 25.7. The Morgan fingerprint density at radius 1 is 1.10 bits per heavy atom. The summed E-state index contributed by atoms with van der Waals surface area (Å²) in [6, 6.07) is 11.0. The second kappa shape index (κ2) is 14.0. The minimum Gasteiger partial charge on any atom is -0.381 e. The van der Waals surface area contributed by atoms with Gasteiger partial charge in [0.15, 0.2) is 0 Å². The maximum absolute atomic E-state index is 12.6. The van der Waals surface area contributed by atoms with Crippen molar-refractivity contribution in [1.29, 1.82) is 0 Å². The molecule has 1 unspecified atom stereocenters. The molecule has 8 nitrogen and oxygen atoms in total. The number of anilines is 1. The van der Waals surface area contributed by atoms with Gasteiger partial charge in [-0.05, 0) is 107 Å². The first-order chi connectivity index (χ1) is 20.3. The van der Waals surface area contributed by atoms with E-state index in [4.69, 9.17) is 9.72 Å². The van der Waals surface area contributed by atoms with Crippen LogP contribution in [0.4, 0.5) is 5.69 Å². The fourth-order valence-electron chi connectivity index (χ4n) is 6.54. The van der Waals surface area contributed by atoms with Crippen LogP contribution in [-0.2, 0) is 17.8 Å². The van der Waals surface area contributed by atoms with Crippen molar-refractivity contribution in [1.82, 2.24) is 20.2 Å². The minimum absolute atomic E-state index is 0.120. The Balaban J connectivity index is 1.46. The average molecular weight is 574 g/mol. The highest BCUT2D eigenvalue weighted by atomic mass is 16.5. The smallest absolute Gasteiger partial charge is 0.252 e. The quantitative estimate of drug-likeness (QED) is 0.290. The van der Waals surface area contributed by atoms with Crippen LogP contribution in [0.1, 0.15) is 78.9 Å². The van der Waals surface area contributed by atoms with Gasteiger partial charge in [0.05, 0.1) is 5.69 Å². The molecule has 226 valence electrons. The predicted molar refractivity (Wildman–Crippen MR) is 169 cm³/mol. The van der Waals surface area contributed by atoms with Gasteiger partial charge in [-0.15, -0.1) is 0 Å². The summed E-state index contributed by atoms with van der Waals surface area (Å²) in [7, 11) is 0. The lowest BCUT2D eigenvalue weighted by atomic mass is 9.95. The van der Waals surface area contributed by atoms with Gasteiger partial charge in [0.1, 0.15) is 6.23 Å². The summed E-state index contributed by atoms with van der Waals surface area (Å²) in [5.74, 6) is 0. The standard InChI is InChI=1S/C34H47N5O3/c1-5-39(29-11-15-42-16-12-29)32-19-27(26-9-10-28(35-20-26)22-38-13-7-6-8-14-38)18-30(25(32)4)33(40)36-21-31-23(2)17-24(3)37-34(31)41/h9-10,17-20,29,33,36,40H,5-8,11-16,21-22H2,1-4H3,(H,37,41). The van der Waals surface area contributed by atoms with Crippen molar-refractivity contribution in [3.05, 3.63) is 80.5 Å². The minimum atomic E-state index is -0.941. The fraction of sp³-hybridized carbons (Fsp3) is 0.529. The van der Waals surface area contributed by atoms with E-state index in [-0.39, 0.29) is 12.1 Å². The Morgan fingerprint density at radius 3 is 2.52 bits per heavy atom. The number of aromatic nitrogens is 2. The normalized spacial score (nSPS) is 17.4. The molecule has 2 aromatic heterocycles. The Morgan fingerprint density at radius 2 is 1.86 bits per heavy atom. The Bertz CT molecular complexity index is 1390. The van der Waals surface area contributed by atoms with E-state index in [1.165, 1.54) is 19.3 Å². The molecule has 2 fully saturated rings. The third kappa shape index (κ3) is 7.11. The van der Waals surface area contributed by atoms with Crippen LogP contribution in [0.15, 0.2) is 41.3 Å². The van der Waals surface area contributed by atoms with Crippen LogP contribution in [0.25, 0.3) is 11.1 Å². The molecule has 2 aliphatic heterocycles. The van der Waals surface area contributed by atoms with Gasteiger partial charge >= 0.3 is 0 Å². The van der Waals surface area contributed by atoms with Crippen molar-refractivity contribution in [2.75, 3.05) is 37.7 Å². The lowest BCUT2D eigenvalue weighted by Gasteiger charge is -2.37. The lowest BCUT2D eigenvalue weighted by Crippen LogP contribution is -2.40. The molecule has 0 bridgehead atoms. The summed E-state index contributed by atoms with van der Waals surface area (Å²) in [5, 5.41) is 14.7. The van der Waals surface area contributed by atoms with Crippen molar-refractivity contribution in [3.8, 4) is 11.1 Å². The Hall–Kier alpha value is -3.04. The topological polar surface area (TPSA) is 93.7 Å². The SMILES string of the molecule is CCN(c1cc(-c2ccc(CN3CCCCC3)nc2)cc(C(O)NCc2c(C)cc(C)[nH]c2=O)c1C)C1CCOCC1. The zero-order chi connectivity index (χ0) is 29.6. The van der Waals surface area contributed by atoms with Gasteiger partial charge in [-0.2, -0.15) is 0 Å². The number of aliphatic hydroxyl groups is 1. The van der Waals surface area contributed by atoms with E-state index in [0.29, 0.717) is 11.6 Å². The van der Waals surface area contributed by atoms with Crippen LogP contribution in [0.3, 0.4) is 0 Å². The van der Waals surface area contributed by atoms with Gasteiger partial charge in [-0.3, -0.25) is 20.0 Å². The van der Waals surface area contributed by atoms with Crippen LogP contribution in [-0.4, -0.2) is 58.9 Å². The summed E-state index contributed by atoms with van der Waals surface area (Å²) in [6.45, 7) is 13.9. The molecule has 0 radical (unpaired) electrons. The molecule has 0 spiro atoms. The molecule has 8 heteroatoms. The van der Waals surface area contributed by atoms with Gasteiger partial charge in [0.25, 0.3) is 5.56 Å². The second-order valence-corrected chi connectivity index (χ2v) is 11.9. The third-order valence-corrected chi connectivity index (χ3v) is 8.96. The van der Waals surface area contributed by atoms with Gasteiger partial charge in [0.2, 0.25) is 0 Å². The van der Waals surface area contributed by atoms with E-state index < -0.39 is 6.23 Å². The summed E-state index contributed by atoms with van der Waals surface area (Å²) >= 11 is 0. The molecule has 2 aliphatic rings. The van der Waals surface area contributed by atoms with Crippen molar-refractivity contribution < 1.29 is 9.84 Å². The molecule has 0 amide bonds. The fourth-order valence-corrected chi connectivity index (χ4v) is 6.54. The Kier molecular flexibility index (Phi) is 10.1. The maximum Gasteiger partial charge on any atom is 0.252 e. The number of hydrogen-bond acceptors (Lipinski definition) is 7. The number of aryl methyl sites for hydroxylation is 2. The van der Waals surface area contributed by atoms with Crippen molar-refractivity contribution in [3.63, 3.8) is 0 Å². The third-order valence-electron chi connectivity index (χ3n) is 8.96. The van der Waals surface area contributed by atoms with E-state index in [1.807, 2.05) is 26.1 Å². The summed E-state index contributed by atoms with van der Waals surface area (Å²) < 4.78 is 5.67. The molecule has 4 heterocycles. The maximum atomic E-state index is 12.6. The summed E-state index contributed by atoms with van der Waals surface area (Å²) in [4.78, 5) is 25.3. The number of aliphatic hydroxyl groups excluding tert-OH is 1. The molecule has 3 aromatic rings. The number of nitrogens with one attached hydrogen (secondary N) is 2. The zero-order valence-corrected chi connectivity index (χ0v) is 25.7. The van der Waals surface area contributed by atoms with Gasteiger partial charge in [0, 0.05) is 73.2 Å². The highest BCUT2D eigenvalue weighted by Crippen LogP contribution is 2.35. The van der Waals surface area contributed by atoms with E-state index in [1.54, 1.807) is 0 Å². The molecule has 0 aliphatic carbocycles. The molecule has 1 aromatic carbocycles. The number of H-pyrrole nitrogens is 1. The van der Waals surface area contributed by atoms with Gasteiger partial charge in [-0.1, -0.05) is 12.5 Å². The molecular weight excluding hydrogens is 526 g/mol. The average Bonchev–Trinajstić information content (AvgIpc) is 2.99. The first-order valence-corrected chi connectivity index (χ1v) is 15.6. The number of piperidine rings is 1. The largest absolute Gasteiger partial charge is 0.381 e. The number of pyridine rings is 2. The van der Waals surface area contributed by atoms with Crippen molar-refractivity contribution in [2.45, 2.75) is 85.2 Å². The monoisotopic (exact) mass is 573 g/mol. The van der Waals surface area contributed by atoms with Gasteiger partial charge < -0.3 is 19.7 Å². The molecule has 3 N–H and O–H groups in total. The lowest BCUT2D eigenvalue weighted by molar-refractivity contribution is 0.0846. The summed E-state index contributed by atoms with van der Waals surface area (Å²) in [6.07, 6.45) is 6.85. The van der Waals surface area contributed by atoms with Crippen LogP contribution in [0.2, 0.25) is 0 Å². The second-order valence-electron chi connectivity index (χ2n) is 11.9. The first-order valence-electron chi connectivity index (χ1n) is 15.6. The molecular formula is C34H47N5O3. The van der Waals surface area contributed by atoms with E-state index in [9.17, 15) is 9.90 Å². The van der Waals surface area contributed by atoms with Crippen LogP contribution in [0.5, 0.6) is 0 Å². The number of rotatable bonds is 10. The van der Waals surface area contributed by atoms with Crippen LogP contribution >= 0.6 is 0 Å². The number of benzene rings is 1. The van der Waals surface area contributed by atoms with Crippen LogP contribution < -0.4 is 15.8 Å². The molecule has 0 saturated carbocycles.